The summed E-state index contributed by atoms with van der Waals surface area (Å²) in [6, 6.07) is 8.73. The molecule has 0 N–H and O–H groups in total. The Bertz CT molecular complexity index is 519. The van der Waals surface area contributed by atoms with Crippen molar-refractivity contribution in [2.45, 2.75) is 32.2 Å². The summed E-state index contributed by atoms with van der Waals surface area (Å²) in [5.74, 6) is 0. The maximum Gasteiger partial charge on any atom is 0.0481 e. The van der Waals surface area contributed by atoms with Gasteiger partial charge in [-0.2, -0.15) is 0 Å². The van der Waals surface area contributed by atoms with Gasteiger partial charge in [-0.3, -0.25) is 4.90 Å². The first-order chi connectivity index (χ1) is 8.84. The average Bonchev–Trinajstić information content (AvgIpc) is 2.58. The minimum absolute atomic E-state index is 1.11. The Morgan fingerprint density at radius 1 is 1.00 bits per heavy atom. The number of benzene rings is 1. The molecule has 1 aliphatic rings. The lowest BCUT2D eigenvalue weighted by Gasteiger charge is -2.19. The Hall–Kier alpha value is -1.28. The molecule has 18 heavy (non-hydrogen) atoms. The van der Waals surface area contributed by atoms with E-state index in [1.54, 1.807) is 0 Å². The summed E-state index contributed by atoms with van der Waals surface area (Å²) in [5.41, 5.74) is 2.83. The van der Waals surface area contributed by atoms with Crippen molar-refractivity contribution in [3.05, 3.63) is 36.0 Å². The third-order valence-corrected chi connectivity index (χ3v) is 4.07. The Labute approximate surface area is 109 Å². The molecule has 0 bridgehead atoms. The molecule has 0 spiro atoms. The lowest BCUT2D eigenvalue weighted by Crippen LogP contribution is -2.23. The van der Waals surface area contributed by atoms with Gasteiger partial charge in [0.05, 0.1) is 0 Å². The maximum atomic E-state index is 2.62. The van der Waals surface area contributed by atoms with E-state index in [4.69, 9.17) is 0 Å². The third-order valence-electron chi connectivity index (χ3n) is 4.07. The van der Waals surface area contributed by atoms with E-state index in [1.165, 1.54) is 55.2 Å². The van der Waals surface area contributed by atoms with Gasteiger partial charge in [0, 0.05) is 30.7 Å². The fourth-order valence-corrected chi connectivity index (χ4v) is 3.09. The molecule has 2 nitrogen and oxygen atoms in total. The Kier molecular flexibility index (Phi) is 3.37. The zero-order valence-electron chi connectivity index (χ0n) is 11.2. The van der Waals surface area contributed by atoms with E-state index in [2.05, 4.69) is 47.0 Å². The molecule has 2 heteroatoms. The highest BCUT2D eigenvalue weighted by atomic mass is 15.1. The summed E-state index contributed by atoms with van der Waals surface area (Å²) in [5, 5.41) is 1.42. The molecule has 1 fully saturated rings. The molecule has 0 atom stereocenters. The summed E-state index contributed by atoms with van der Waals surface area (Å²) in [4.78, 5) is 2.62. The van der Waals surface area contributed by atoms with Crippen molar-refractivity contribution in [1.82, 2.24) is 9.47 Å². The summed E-state index contributed by atoms with van der Waals surface area (Å²) in [6.07, 6.45) is 7.85. The van der Waals surface area contributed by atoms with Crippen LogP contribution in [0.15, 0.2) is 30.5 Å². The van der Waals surface area contributed by atoms with Gasteiger partial charge < -0.3 is 4.57 Å². The molecular formula is C16H22N2. The maximum absolute atomic E-state index is 2.62. The molecule has 0 saturated carbocycles. The van der Waals surface area contributed by atoms with E-state index in [0.717, 1.165) is 6.54 Å². The van der Waals surface area contributed by atoms with Crippen LogP contribution in [0.3, 0.4) is 0 Å². The molecule has 0 amide bonds. The van der Waals surface area contributed by atoms with Gasteiger partial charge in [-0.25, -0.2) is 0 Å². The summed E-state index contributed by atoms with van der Waals surface area (Å²) in [7, 11) is 2.15. The van der Waals surface area contributed by atoms with Gasteiger partial charge in [0.25, 0.3) is 0 Å². The van der Waals surface area contributed by atoms with Crippen LogP contribution in [0.4, 0.5) is 0 Å². The zero-order chi connectivity index (χ0) is 12.4. The first-order valence-electron chi connectivity index (χ1n) is 7.10. The first kappa shape index (κ1) is 11.8. The summed E-state index contributed by atoms with van der Waals surface area (Å²) in [6.45, 7) is 3.65. The van der Waals surface area contributed by atoms with Crippen LogP contribution in [-0.2, 0) is 13.6 Å². The quantitative estimate of drug-likeness (QED) is 0.782. The molecule has 2 heterocycles. The van der Waals surface area contributed by atoms with Crippen LogP contribution in [0, 0.1) is 0 Å². The SMILES string of the molecule is Cn1cc(CN2CCCCCC2)c2ccccc21. The molecular weight excluding hydrogens is 220 g/mol. The largest absolute Gasteiger partial charge is 0.350 e. The summed E-state index contributed by atoms with van der Waals surface area (Å²) < 4.78 is 2.25. The van der Waals surface area contributed by atoms with Crippen molar-refractivity contribution in [3.63, 3.8) is 0 Å². The molecule has 1 aromatic carbocycles. The molecule has 0 radical (unpaired) electrons. The smallest absolute Gasteiger partial charge is 0.0481 e. The topological polar surface area (TPSA) is 8.17 Å². The number of aromatic nitrogens is 1. The summed E-state index contributed by atoms with van der Waals surface area (Å²) >= 11 is 0. The van der Waals surface area contributed by atoms with Gasteiger partial charge in [-0.1, -0.05) is 31.0 Å². The molecule has 1 aromatic heterocycles. The second kappa shape index (κ2) is 5.15. The predicted octanol–water partition coefficient (Wildman–Crippen LogP) is 3.55. The average molecular weight is 242 g/mol. The van der Waals surface area contributed by atoms with E-state index in [-0.39, 0.29) is 0 Å². The first-order valence-corrected chi connectivity index (χ1v) is 7.10. The van der Waals surface area contributed by atoms with Gasteiger partial charge in [0.15, 0.2) is 0 Å². The fourth-order valence-electron chi connectivity index (χ4n) is 3.09. The van der Waals surface area contributed by atoms with E-state index < -0.39 is 0 Å². The van der Waals surface area contributed by atoms with Gasteiger partial charge in [0.1, 0.15) is 0 Å². The number of hydrogen-bond acceptors (Lipinski definition) is 1. The molecule has 0 aliphatic carbocycles. The Balaban J connectivity index is 1.85. The lowest BCUT2D eigenvalue weighted by atomic mass is 10.1. The fraction of sp³-hybridized carbons (Fsp3) is 0.500. The second-order valence-electron chi connectivity index (χ2n) is 5.47. The number of hydrogen-bond donors (Lipinski definition) is 0. The number of nitrogens with zero attached hydrogens (tertiary/aromatic N) is 2. The van der Waals surface area contributed by atoms with Crippen LogP contribution >= 0.6 is 0 Å². The molecule has 0 unspecified atom stereocenters. The normalized spacial score (nSPS) is 18.1. The van der Waals surface area contributed by atoms with Crippen LogP contribution in [0.1, 0.15) is 31.2 Å². The molecule has 3 rings (SSSR count). The molecule has 2 aromatic rings. The highest BCUT2D eigenvalue weighted by Gasteiger charge is 2.12. The van der Waals surface area contributed by atoms with Gasteiger partial charge in [0.2, 0.25) is 0 Å². The standard InChI is InChI=1S/C16H22N2/c1-17-12-14(15-8-4-5-9-16(15)17)13-18-10-6-2-3-7-11-18/h4-5,8-9,12H,2-3,6-7,10-11,13H2,1H3. The number of likely N-dealkylation sites (tertiary alicyclic amines) is 1. The van der Waals surface area contributed by atoms with Gasteiger partial charge >= 0.3 is 0 Å². The number of rotatable bonds is 2. The van der Waals surface area contributed by atoms with Crippen molar-refractivity contribution >= 4 is 10.9 Å². The lowest BCUT2D eigenvalue weighted by molar-refractivity contribution is 0.278. The van der Waals surface area contributed by atoms with E-state index in [9.17, 15) is 0 Å². The minimum Gasteiger partial charge on any atom is -0.350 e. The molecule has 1 saturated heterocycles. The van der Waals surface area contributed by atoms with Crippen LogP contribution in [0.5, 0.6) is 0 Å². The van der Waals surface area contributed by atoms with Crippen molar-refractivity contribution in [1.29, 1.82) is 0 Å². The third kappa shape index (κ3) is 2.30. The predicted molar refractivity (Wildman–Crippen MR) is 76.7 cm³/mol. The highest BCUT2D eigenvalue weighted by Crippen LogP contribution is 2.22. The number of fused-ring (bicyclic) bond motifs is 1. The van der Waals surface area contributed by atoms with Crippen molar-refractivity contribution in [2.24, 2.45) is 7.05 Å². The van der Waals surface area contributed by atoms with Crippen molar-refractivity contribution in [3.8, 4) is 0 Å². The minimum atomic E-state index is 1.11. The van der Waals surface area contributed by atoms with Crippen molar-refractivity contribution in [2.75, 3.05) is 13.1 Å². The number of para-hydroxylation sites is 1. The van der Waals surface area contributed by atoms with Crippen molar-refractivity contribution < 1.29 is 0 Å². The van der Waals surface area contributed by atoms with Gasteiger partial charge in [-0.15, -0.1) is 0 Å². The van der Waals surface area contributed by atoms with Crippen LogP contribution in [0.25, 0.3) is 10.9 Å². The van der Waals surface area contributed by atoms with Crippen LogP contribution < -0.4 is 0 Å². The van der Waals surface area contributed by atoms with E-state index in [1.807, 2.05) is 0 Å². The number of aryl methyl sites for hydroxylation is 1. The zero-order valence-corrected chi connectivity index (χ0v) is 11.2. The molecule has 1 aliphatic heterocycles. The molecule has 96 valence electrons. The van der Waals surface area contributed by atoms with Gasteiger partial charge in [-0.05, 0) is 37.6 Å². The highest BCUT2D eigenvalue weighted by molar-refractivity contribution is 5.83. The van der Waals surface area contributed by atoms with E-state index >= 15 is 0 Å². The monoisotopic (exact) mass is 242 g/mol. The van der Waals surface area contributed by atoms with Crippen LogP contribution in [-0.4, -0.2) is 22.6 Å². The van der Waals surface area contributed by atoms with E-state index in [0.29, 0.717) is 0 Å². The second-order valence-corrected chi connectivity index (χ2v) is 5.47. The Morgan fingerprint density at radius 3 is 2.50 bits per heavy atom. The van der Waals surface area contributed by atoms with Crippen LogP contribution in [0.2, 0.25) is 0 Å². The Morgan fingerprint density at radius 2 is 1.72 bits per heavy atom.